The highest BCUT2D eigenvalue weighted by atomic mass is 35.5. The summed E-state index contributed by atoms with van der Waals surface area (Å²) in [6.45, 7) is 0. The van der Waals surface area contributed by atoms with E-state index in [4.69, 9.17) is 17.3 Å². The topological polar surface area (TPSA) is 54.7 Å². The van der Waals surface area contributed by atoms with Crippen LogP contribution in [0.2, 0.25) is 5.02 Å². The zero-order valence-corrected chi connectivity index (χ0v) is 10.9. The first-order valence-electron chi connectivity index (χ1n) is 5.38. The van der Waals surface area contributed by atoms with E-state index in [-0.39, 0.29) is 0 Å². The van der Waals surface area contributed by atoms with Gasteiger partial charge in [-0.1, -0.05) is 17.7 Å². The van der Waals surface area contributed by atoms with Crippen LogP contribution in [-0.2, 0) is 0 Å². The van der Waals surface area contributed by atoms with E-state index >= 15 is 0 Å². The van der Waals surface area contributed by atoms with Gasteiger partial charge in [0, 0.05) is 27.5 Å². The van der Waals surface area contributed by atoms with E-state index in [1.165, 1.54) is 11.3 Å². The number of fused-ring (bicyclic) bond motifs is 1. The molecular formula is C13H10ClN3S. The molecule has 90 valence electrons. The molecule has 0 aliphatic heterocycles. The highest BCUT2D eigenvalue weighted by Gasteiger charge is 2.01. The van der Waals surface area contributed by atoms with E-state index < -0.39 is 0 Å². The van der Waals surface area contributed by atoms with Gasteiger partial charge in [-0.3, -0.25) is 0 Å². The van der Waals surface area contributed by atoms with Crippen molar-refractivity contribution in [3.05, 3.63) is 46.1 Å². The maximum atomic E-state index is 6.00. The van der Waals surface area contributed by atoms with Crippen molar-refractivity contribution < 1.29 is 0 Å². The van der Waals surface area contributed by atoms with Gasteiger partial charge in [0.1, 0.15) is 0 Å². The van der Waals surface area contributed by atoms with Crippen LogP contribution in [0.4, 0.5) is 5.13 Å². The molecule has 0 aliphatic carbocycles. The Balaban J connectivity index is 1.99. The van der Waals surface area contributed by atoms with Gasteiger partial charge in [-0.15, -0.1) is 11.3 Å². The third kappa shape index (κ3) is 2.12. The number of nitrogen functional groups attached to an aromatic ring is 1. The van der Waals surface area contributed by atoms with Gasteiger partial charge >= 0.3 is 0 Å². The monoisotopic (exact) mass is 275 g/mol. The highest BCUT2D eigenvalue weighted by molar-refractivity contribution is 7.13. The Hall–Kier alpha value is -1.78. The van der Waals surface area contributed by atoms with Gasteiger partial charge in [0.2, 0.25) is 0 Å². The number of H-pyrrole nitrogens is 1. The molecular weight excluding hydrogens is 266 g/mol. The quantitative estimate of drug-likeness (QED) is 0.742. The average Bonchev–Trinajstić information content (AvgIpc) is 2.93. The number of anilines is 1. The van der Waals surface area contributed by atoms with Gasteiger partial charge in [0.25, 0.3) is 0 Å². The van der Waals surface area contributed by atoms with Crippen LogP contribution in [0, 0.1) is 0 Å². The number of halogens is 1. The largest absolute Gasteiger partial charge is 0.375 e. The second-order valence-electron chi connectivity index (χ2n) is 3.88. The molecule has 0 fully saturated rings. The number of thiazole rings is 1. The summed E-state index contributed by atoms with van der Waals surface area (Å²) in [7, 11) is 0. The van der Waals surface area contributed by atoms with Gasteiger partial charge < -0.3 is 10.7 Å². The SMILES string of the molecule is Nc1nc(C=Cc2c[nH]c3ccc(Cl)cc23)cs1. The van der Waals surface area contributed by atoms with Crippen LogP contribution in [0.1, 0.15) is 11.3 Å². The standard InChI is InChI=1S/C13H10ClN3S/c14-9-2-4-12-11(5-9)8(6-16-12)1-3-10-7-18-13(15)17-10/h1-7,16H,(H2,15,17). The Bertz CT molecular complexity index is 727. The zero-order chi connectivity index (χ0) is 12.5. The fourth-order valence-electron chi connectivity index (χ4n) is 1.80. The lowest BCUT2D eigenvalue weighted by molar-refractivity contribution is 1.39. The maximum Gasteiger partial charge on any atom is 0.180 e. The molecule has 0 atom stereocenters. The van der Waals surface area contributed by atoms with Crippen molar-refractivity contribution in [3.8, 4) is 0 Å². The molecule has 2 aromatic heterocycles. The molecule has 0 bridgehead atoms. The van der Waals surface area contributed by atoms with Crippen molar-refractivity contribution in [3.63, 3.8) is 0 Å². The lowest BCUT2D eigenvalue weighted by Gasteiger charge is -1.93. The summed E-state index contributed by atoms with van der Waals surface area (Å²) < 4.78 is 0. The molecule has 0 unspecified atom stereocenters. The van der Waals surface area contributed by atoms with E-state index in [0.717, 1.165) is 27.2 Å². The van der Waals surface area contributed by atoms with Crippen LogP contribution in [0.15, 0.2) is 29.8 Å². The molecule has 1 aromatic carbocycles. The Morgan fingerprint density at radius 2 is 2.22 bits per heavy atom. The molecule has 3 aromatic rings. The third-order valence-corrected chi connectivity index (χ3v) is 3.58. The number of aromatic nitrogens is 2. The molecule has 0 saturated heterocycles. The number of aromatic amines is 1. The van der Waals surface area contributed by atoms with E-state index in [2.05, 4.69) is 9.97 Å². The minimum atomic E-state index is 0.580. The van der Waals surface area contributed by atoms with E-state index in [1.54, 1.807) is 0 Å². The minimum absolute atomic E-state index is 0.580. The minimum Gasteiger partial charge on any atom is -0.375 e. The number of nitrogens with two attached hydrogens (primary N) is 1. The summed E-state index contributed by atoms with van der Waals surface area (Å²) in [6, 6.07) is 5.79. The first-order valence-corrected chi connectivity index (χ1v) is 6.64. The van der Waals surface area contributed by atoms with Crippen molar-refractivity contribution >= 4 is 51.1 Å². The Labute approximate surface area is 113 Å². The molecule has 3 nitrogen and oxygen atoms in total. The normalized spacial score (nSPS) is 11.6. The van der Waals surface area contributed by atoms with Crippen LogP contribution >= 0.6 is 22.9 Å². The lowest BCUT2D eigenvalue weighted by atomic mass is 10.1. The molecule has 0 spiro atoms. The number of nitrogens with zero attached hydrogens (tertiary/aromatic N) is 1. The number of rotatable bonds is 2. The maximum absolute atomic E-state index is 6.00. The van der Waals surface area contributed by atoms with Gasteiger partial charge in [0.05, 0.1) is 5.69 Å². The Morgan fingerprint density at radius 1 is 1.33 bits per heavy atom. The fourth-order valence-corrected chi connectivity index (χ4v) is 2.51. The predicted molar refractivity (Wildman–Crippen MR) is 78.8 cm³/mol. The van der Waals surface area contributed by atoms with E-state index in [0.29, 0.717) is 5.13 Å². The number of hydrogen-bond acceptors (Lipinski definition) is 3. The van der Waals surface area contributed by atoms with Crippen molar-refractivity contribution in [2.75, 3.05) is 5.73 Å². The molecule has 0 amide bonds. The van der Waals surface area contributed by atoms with Gasteiger partial charge in [-0.05, 0) is 29.8 Å². The number of hydrogen-bond donors (Lipinski definition) is 2. The molecule has 0 saturated carbocycles. The fraction of sp³-hybridized carbons (Fsp3) is 0. The smallest absolute Gasteiger partial charge is 0.180 e. The summed E-state index contributed by atoms with van der Waals surface area (Å²) in [5.74, 6) is 0. The average molecular weight is 276 g/mol. The Kier molecular flexibility index (Phi) is 2.81. The highest BCUT2D eigenvalue weighted by Crippen LogP contribution is 2.24. The van der Waals surface area contributed by atoms with Crippen molar-refractivity contribution in [1.82, 2.24) is 9.97 Å². The Morgan fingerprint density at radius 3 is 3.00 bits per heavy atom. The number of benzene rings is 1. The van der Waals surface area contributed by atoms with Crippen LogP contribution in [0.5, 0.6) is 0 Å². The number of nitrogens with one attached hydrogen (secondary N) is 1. The molecule has 18 heavy (non-hydrogen) atoms. The second kappa shape index (κ2) is 4.48. The molecule has 2 heterocycles. The molecule has 3 N–H and O–H groups in total. The van der Waals surface area contributed by atoms with E-state index in [9.17, 15) is 0 Å². The van der Waals surface area contributed by atoms with Crippen LogP contribution in [0.3, 0.4) is 0 Å². The summed E-state index contributed by atoms with van der Waals surface area (Å²) >= 11 is 7.44. The first-order chi connectivity index (χ1) is 8.72. The van der Waals surface area contributed by atoms with Crippen LogP contribution in [-0.4, -0.2) is 9.97 Å². The van der Waals surface area contributed by atoms with Crippen molar-refractivity contribution in [2.45, 2.75) is 0 Å². The zero-order valence-electron chi connectivity index (χ0n) is 9.35. The van der Waals surface area contributed by atoms with Gasteiger partial charge in [-0.2, -0.15) is 0 Å². The van der Waals surface area contributed by atoms with Crippen molar-refractivity contribution in [2.24, 2.45) is 0 Å². The third-order valence-electron chi connectivity index (χ3n) is 2.65. The summed E-state index contributed by atoms with van der Waals surface area (Å²) in [5.41, 5.74) is 8.61. The van der Waals surface area contributed by atoms with Gasteiger partial charge in [0.15, 0.2) is 5.13 Å². The molecule has 0 radical (unpaired) electrons. The summed E-state index contributed by atoms with van der Waals surface area (Å²) in [6.07, 6.45) is 5.90. The summed E-state index contributed by atoms with van der Waals surface area (Å²) in [4.78, 5) is 7.39. The molecule has 0 aliphatic rings. The molecule has 3 rings (SSSR count). The lowest BCUT2D eigenvalue weighted by Crippen LogP contribution is -1.80. The van der Waals surface area contributed by atoms with E-state index in [1.807, 2.05) is 41.9 Å². The van der Waals surface area contributed by atoms with Crippen LogP contribution in [0.25, 0.3) is 23.1 Å². The second-order valence-corrected chi connectivity index (χ2v) is 5.20. The predicted octanol–water partition coefficient (Wildman–Crippen LogP) is 4.03. The van der Waals surface area contributed by atoms with Crippen molar-refractivity contribution in [1.29, 1.82) is 0 Å². The van der Waals surface area contributed by atoms with Crippen LogP contribution < -0.4 is 5.73 Å². The van der Waals surface area contributed by atoms with Gasteiger partial charge in [-0.25, -0.2) is 4.98 Å². The molecule has 5 heteroatoms. The summed E-state index contributed by atoms with van der Waals surface area (Å²) in [5, 5.41) is 4.33. The first kappa shape index (κ1) is 11.3.